The zero-order valence-electron chi connectivity index (χ0n) is 11.3. The number of nitrogens with one attached hydrogen (secondary N) is 2. The summed E-state index contributed by atoms with van der Waals surface area (Å²) < 4.78 is 5.09. The van der Waals surface area contributed by atoms with E-state index in [4.69, 9.17) is 21.6 Å². The average molecular weight is 265 g/mol. The van der Waals surface area contributed by atoms with Crippen LogP contribution in [0.1, 0.15) is 32.0 Å². The second kappa shape index (κ2) is 5.55. The van der Waals surface area contributed by atoms with Crippen LogP contribution in [0.2, 0.25) is 0 Å². The number of carbonyl (C=O) groups excluding carboxylic acids is 1. The molecular formula is C12H19N5O2. The number of rotatable bonds is 3. The van der Waals surface area contributed by atoms with E-state index in [0.717, 1.165) is 0 Å². The van der Waals surface area contributed by atoms with E-state index >= 15 is 0 Å². The Labute approximate surface area is 111 Å². The van der Waals surface area contributed by atoms with Gasteiger partial charge in [0.2, 0.25) is 0 Å². The monoisotopic (exact) mass is 265 g/mol. The van der Waals surface area contributed by atoms with Gasteiger partial charge in [0, 0.05) is 0 Å². The maximum absolute atomic E-state index is 11.4. The first kappa shape index (κ1) is 14.7. The molecular weight excluding hydrogens is 246 g/mol. The molecule has 0 saturated carbocycles. The molecule has 0 aliphatic heterocycles. The Morgan fingerprint density at radius 2 is 2.11 bits per heavy atom. The van der Waals surface area contributed by atoms with Gasteiger partial charge in [-0.2, -0.15) is 0 Å². The molecule has 0 aliphatic carbocycles. The Bertz CT molecular complexity index is 493. The second-order valence-corrected chi connectivity index (χ2v) is 5.00. The van der Waals surface area contributed by atoms with E-state index in [1.807, 2.05) is 0 Å². The maximum atomic E-state index is 11.4. The van der Waals surface area contributed by atoms with Crippen molar-refractivity contribution in [3.05, 3.63) is 23.4 Å². The molecule has 6 N–H and O–H groups in total. The SMILES string of the molecule is CC(C)(C)OC(=O)NCc1ccc(C(=N)N)c(N)n1. The maximum Gasteiger partial charge on any atom is 0.407 e. The smallest absolute Gasteiger partial charge is 0.407 e. The summed E-state index contributed by atoms with van der Waals surface area (Å²) >= 11 is 0. The summed E-state index contributed by atoms with van der Waals surface area (Å²) in [6.07, 6.45) is -0.525. The first-order valence-corrected chi connectivity index (χ1v) is 5.75. The number of carbonyl (C=O) groups is 1. The van der Waals surface area contributed by atoms with Crippen LogP contribution in [0.25, 0.3) is 0 Å². The summed E-state index contributed by atoms with van der Waals surface area (Å²) in [5, 5.41) is 9.85. The minimum atomic E-state index is -0.547. The minimum absolute atomic E-state index is 0.142. The second-order valence-electron chi connectivity index (χ2n) is 5.00. The highest BCUT2D eigenvalue weighted by atomic mass is 16.6. The molecule has 7 heteroatoms. The zero-order chi connectivity index (χ0) is 14.6. The van der Waals surface area contributed by atoms with Gasteiger partial charge >= 0.3 is 6.09 Å². The molecule has 1 heterocycles. The number of amidine groups is 1. The third-order valence-electron chi connectivity index (χ3n) is 2.09. The molecule has 0 unspecified atom stereocenters. The van der Waals surface area contributed by atoms with Crippen molar-refractivity contribution in [2.75, 3.05) is 5.73 Å². The summed E-state index contributed by atoms with van der Waals surface area (Å²) in [7, 11) is 0. The number of anilines is 1. The lowest BCUT2D eigenvalue weighted by molar-refractivity contribution is 0.0523. The van der Waals surface area contributed by atoms with Crippen LogP contribution < -0.4 is 16.8 Å². The quantitative estimate of drug-likeness (QED) is 0.478. The predicted molar refractivity (Wildman–Crippen MR) is 72.7 cm³/mol. The van der Waals surface area contributed by atoms with Gasteiger partial charge in [-0.15, -0.1) is 0 Å². The fourth-order valence-corrected chi connectivity index (χ4v) is 1.32. The molecule has 0 fully saturated rings. The molecule has 0 spiro atoms. The lowest BCUT2D eigenvalue weighted by Gasteiger charge is -2.19. The number of pyridine rings is 1. The van der Waals surface area contributed by atoms with Crippen LogP contribution in [0.5, 0.6) is 0 Å². The molecule has 19 heavy (non-hydrogen) atoms. The molecule has 0 aromatic carbocycles. The van der Waals surface area contributed by atoms with Gasteiger partial charge in [-0.25, -0.2) is 9.78 Å². The summed E-state index contributed by atoms with van der Waals surface area (Å²) in [6.45, 7) is 5.54. The van der Waals surface area contributed by atoms with Gasteiger partial charge in [0.25, 0.3) is 0 Å². The van der Waals surface area contributed by atoms with Crippen LogP contribution in [-0.4, -0.2) is 22.5 Å². The van der Waals surface area contributed by atoms with Crippen LogP contribution in [0.4, 0.5) is 10.6 Å². The first-order chi connectivity index (χ1) is 8.69. The number of hydrogen-bond donors (Lipinski definition) is 4. The molecule has 1 rings (SSSR count). The lowest BCUT2D eigenvalue weighted by Crippen LogP contribution is -2.32. The lowest BCUT2D eigenvalue weighted by atomic mass is 10.2. The number of hydrogen-bond acceptors (Lipinski definition) is 5. The molecule has 7 nitrogen and oxygen atoms in total. The summed E-state index contributed by atoms with van der Waals surface area (Å²) in [6, 6.07) is 3.24. The number of nitrogens with two attached hydrogens (primary N) is 2. The van der Waals surface area contributed by atoms with Crippen molar-refractivity contribution >= 4 is 17.7 Å². The number of aromatic nitrogens is 1. The topological polar surface area (TPSA) is 127 Å². The largest absolute Gasteiger partial charge is 0.444 e. The average Bonchev–Trinajstić information content (AvgIpc) is 2.23. The van der Waals surface area contributed by atoms with Crippen molar-refractivity contribution in [2.45, 2.75) is 32.9 Å². The molecule has 1 aromatic rings. The van der Waals surface area contributed by atoms with E-state index in [1.54, 1.807) is 32.9 Å². The third kappa shape index (κ3) is 4.82. The molecule has 0 atom stereocenters. The van der Waals surface area contributed by atoms with Crippen LogP contribution >= 0.6 is 0 Å². The number of alkyl carbamates (subject to hydrolysis) is 1. The molecule has 1 amide bonds. The summed E-state index contributed by atoms with van der Waals surface area (Å²) in [5.74, 6) is 0.0210. The van der Waals surface area contributed by atoms with Crippen LogP contribution in [-0.2, 0) is 11.3 Å². The highest BCUT2D eigenvalue weighted by Gasteiger charge is 2.16. The standard InChI is InChI=1S/C12H19N5O2/c1-12(2,3)19-11(18)16-6-7-4-5-8(9(13)14)10(15)17-7/h4-5H,6H2,1-3H3,(H3,13,14)(H2,15,17)(H,16,18). The van der Waals surface area contributed by atoms with Crippen molar-refractivity contribution in [2.24, 2.45) is 5.73 Å². The Hall–Kier alpha value is -2.31. The molecule has 0 saturated heterocycles. The number of ether oxygens (including phenoxy) is 1. The van der Waals surface area contributed by atoms with Crippen molar-refractivity contribution < 1.29 is 9.53 Å². The van der Waals surface area contributed by atoms with Crippen LogP contribution in [0, 0.1) is 5.41 Å². The number of nitrogen functional groups attached to an aromatic ring is 2. The fourth-order valence-electron chi connectivity index (χ4n) is 1.32. The van der Waals surface area contributed by atoms with Crippen LogP contribution in [0.15, 0.2) is 12.1 Å². The van der Waals surface area contributed by atoms with E-state index in [0.29, 0.717) is 11.3 Å². The summed E-state index contributed by atoms with van der Waals surface area (Å²) in [5.41, 5.74) is 11.4. The zero-order valence-corrected chi connectivity index (χ0v) is 11.3. The Morgan fingerprint density at radius 1 is 1.47 bits per heavy atom. The van der Waals surface area contributed by atoms with E-state index in [-0.39, 0.29) is 18.2 Å². The molecule has 0 radical (unpaired) electrons. The van der Waals surface area contributed by atoms with Gasteiger partial charge in [-0.05, 0) is 32.9 Å². The Kier molecular flexibility index (Phi) is 4.31. The van der Waals surface area contributed by atoms with Gasteiger partial charge < -0.3 is 21.5 Å². The van der Waals surface area contributed by atoms with Gasteiger partial charge in [-0.1, -0.05) is 0 Å². The van der Waals surface area contributed by atoms with Crippen molar-refractivity contribution in [3.8, 4) is 0 Å². The van der Waals surface area contributed by atoms with E-state index in [9.17, 15) is 4.79 Å². The normalized spacial score (nSPS) is 10.9. The van der Waals surface area contributed by atoms with E-state index in [2.05, 4.69) is 10.3 Å². The first-order valence-electron chi connectivity index (χ1n) is 5.75. The Morgan fingerprint density at radius 3 is 2.58 bits per heavy atom. The minimum Gasteiger partial charge on any atom is -0.444 e. The van der Waals surface area contributed by atoms with Gasteiger partial charge in [-0.3, -0.25) is 5.41 Å². The van der Waals surface area contributed by atoms with Gasteiger partial charge in [0.15, 0.2) is 0 Å². The van der Waals surface area contributed by atoms with E-state index in [1.165, 1.54) is 0 Å². The number of nitrogens with zero attached hydrogens (tertiary/aromatic N) is 1. The third-order valence-corrected chi connectivity index (χ3v) is 2.09. The van der Waals surface area contributed by atoms with Crippen LogP contribution in [0.3, 0.4) is 0 Å². The van der Waals surface area contributed by atoms with Crippen molar-refractivity contribution in [1.29, 1.82) is 5.41 Å². The van der Waals surface area contributed by atoms with Crippen molar-refractivity contribution in [3.63, 3.8) is 0 Å². The molecule has 0 bridgehead atoms. The van der Waals surface area contributed by atoms with Crippen molar-refractivity contribution in [1.82, 2.24) is 10.3 Å². The summed E-state index contributed by atoms with van der Waals surface area (Å²) in [4.78, 5) is 15.5. The Balaban J connectivity index is 2.62. The molecule has 1 aromatic heterocycles. The highest BCUT2D eigenvalue weighted by Crippen LogP contribution is 2.10. The predicted octanol–water partition coefficient (Wildman–Crippen LogP) is 0.973. The molecule has 0 aliphatic rings. The number of amides is 1. The van der Waals surface area contributed by atoms with Gasteiger partial charge in [0.1, 0.15) is 17.3 Å². The highest BCUT2D eigenvalue weighted by molar-refractivity contribution is 5.98. The van der Waals surface area contributed by atoms with Gasteiger partial charge in [0.05, 0.1) is 17.8 Å². The fraction of sp³-hybridized carbons (Fsp3) is 0.417. The van der Waals surface area contributed by atoms with E-state index < -0.39 is 11.7 Å². The molecule has 104 valence electrons.